The molecule has 2 heterocycles. The van der Waals surface area contributed by atoms with E-state index in [0.717, 1.165) is 5.56 Å². The van der Waals surface area contributed by atoms with Gasteiger partial charge < -0.3 is 20.1 Å². The van der Waals surface area contributed by atoms with E-state index in [4.69, 9.17) is 22.1 Å². The molecule has 7 nitrogen and oxygen atoms in total. The number of benzene rings is 1. The van der Waals surface area contributed by atoms with Crippen LogP contribution in [0.5, 0.6) is 11.6 Å². The van der Waals surface area contributed by atoms with Crippen molar-refractivity contribution in [1.29, 1.82) is 0 Å². The molecule has 1 amide bonds. The number of nitrogens with one attached hydrogen (secondary N) is 3. The van der Waals surface area contributed by atoms with E-state index < -0.39 is 0 Å². The van der Waals surface area contributed by atoms with Crippen molar-refractivity contribution in [3.8, 4) is 11.6 Å². The highest BCUT2D eigenvalue weighted by atomic mass is 32.1. The zero-order valence-corrected chi connectivity index (χ0v) is 12.3. The van der Waals surface area contributed by atoms with Crippen molar-refractivity contribution in [2.24, 2.45) is 0 Å². The van der Waals surface area contributed by atoms with Crippen molar-refractivity contribution in [1.82, 2.24) is 15.3 Å². The average molecular weight is 319 g/mol. The lowest BCUT2D eigenvalue weighted by atomic mass is 10.0. The Morgan fingerprint density at radius 2 is 2.23 bits per heavy atom. The molecule has 3 rings (SSSR count). The summed E-state index contributed by atoms with van der Waals surface area (Å²) in [6.45, 7) is 0.0628. The quantitative estimate of drug-likeness (QED) is 0.535. The van der Waals surface area contributed by atoms with Crippen LogP contribution in [-0.4, -0.2) is 34.1 Å². The Morgan fingerprint density at radius 3 is 3.00 bits per heavy atom. The Labute approximate surface area is 130 Å². The fourth-order valence-corrected chi connectivity index (χ4v) is 2.45. The lowest BCUT2D eigenvalue weighted by Gasteiger charge is -2.19. The van der Waals surface area contributed by atoms with Crippen molar-refractivity contribution in [2.45, 2.75) is 6.42 Å². The Balaban J connectivity index is 1.95. The largest absolute Gasteiger partial charge is 0.440 e. The van der Waals surface area contributed by atoms with E-state index in [1.807, 2.05) is 0 Å². The van der Waals surface area contributed by atoms with Gasteiger partial charge in [0.2, 0.25) is 5.88 Å². The molecule has 0 saturated heterocycles. The smallest absolute Gasteiger partial charge is 0.259 e. The summed E-state index contributed by atoms with van der Waals surface area (Å²) in [6.07, 6.45) is 0.341. The number of aromatic amines is 2. The average Bonchev–Trinajstić information content (AvgIpc) is 2.50. The second-order valence-electron chi connectivity index (χ2n) is 4.80. The molecule has 0 aliphatic carbocycles. The van der Waals surface area contributed by atoms with Crippen LogP contribution in [0, 0.1) is 4.77 Å². The second-order valence-corrected chi connectivity index (χ2v) is 5.21. The highest BCUT2D eigenvalue weighted by Crippen LogP contribution is 2.33. The molecule has 8 heteroatoms. The number of rotatable bonds is 3. The molecule has 114 valence electrons. The molecule has 22 heavy (non-hydrogen) atoms. The molecule has 2 aromatic rings. The van der Waals surface area contributed by atoms with Crippen LogP contribution in [0.15, 0.2) is 23.0 Å². The normalized spacial score (nSPS) is 12.0. The van der Waals surface area contributed by atoms with E-state index in [1.165, 1.54) is 0 Å². The van der Waals surface area contributed by atoms with Gasteiger partial charge in [0, 0.05) is 24.1 Å². The Kier molecular flexibility index (Phi) is 3.78. The van der Waals surface area contributed by atoms with Gasteiger partial charge in [-0.2, -0.15) is 0 Å². The third-order valence-corrected chi connectivity index (χ3v) is 3.51. The van der Waals surface area contributed by atoms with Crippen molar-refractivity contribution >= 4 is 18.1 Å². The number of aliphatic hydroxyl groups excluding tert-OH is 1. The first-order chi connectivity index (χ1) is 10.6. The molecule has 4 N–H and O–H groups in total. The number of carbonyl (C=O) groups is 1. The number of carbonyl (C=O) groups excluding carboxylic acids is 1. The minimum Gasteiger partial charge on any atom is -0.440 e. The second kappa shape index (κ2) is 5.74. The standard InChI is InChI=1S/C14H13N3O4S/c18-4-3-15-11(19)7-1-2-10-8(5-7)6-9-12(20)16-14(22)17-13(9)21-10/h1-2,5,18H,3-4,6H2,(H,15,19)(H2,16,17,20,22). The summed E-state index contributed by atoms with van der Waals surface area (Å²) < 4.78 is 5.84. The maximum atomic E-state index is 11.9. The van der Waals surface area contributed by atoms with Gasteiger partial charge >= 0.3 is 0 Å². The van der Waals surface area contributed by atoms with Crippen LogP contribution in [0.3, 0.4) is 0 Å². The maximum absolute atomic E-state index is 11.9. The summed E-state index contributed by atoms with van der Waals surface area (Å²) in [4.78, 5) is 29.1. The molecular formula is C14H13N3O4S. The van der Waals surface area contributed by atoms with Crippen LogP contribution in [0.2, 0.25) is 0 Å². The Bertz CT molecular complexity index is 856. The first-order valence-corrected chi connectivity index (χ1v) is 7.04. The predicted octanol–water partition coefficient (Wildman–Crippen LogP) is 0.851. The third kappa shape index (κ3) is 2.66. The highest BCUT2D eigenvalue weighted by molar-refractivity contribution is 7.71. The maximum Gasteiger partial charge on any atom is 0.259 e. The number of ether oxygens (including phenoxy) is 1. The number of aliphatic hydroxyl groups is 1. The van der Waals surface area contributed by atoms with Gasteiger partial charge in [-0.05, 0) is 30.4 Å². The molecule has 0 spiro atoms. The summed E-state index contributed by atoms with van der Waals surface area (Å²) in [7, 11) is 0. The van der Waals surface area contributed by atoms with E-state index in [0.29, 0.717) is 29.2 Å². The number of amides is 1. The fourth-order valence-electron chi connectivity index (χ4n) is 2.27. The van der Waals surface area contributed by atoms with E-state index in [1.54, 1.807) is 18.2 Å². The molecule has 0 unspecified atom stereocenters. The Morgan fingerprint density at radius 1 is 1.41 bits per heavy atom. The van der Waals surface area contributed by atoms with Crippen molar-refractivity contribution < 1.29 is 14.6 Å². The van der Waals surface area contributed by atoms with Gasteiger partial charge in [-0.25, -0.2) is 0 Å². The van der Waals surface area contributed by atoms with Gasteiger partial charge in [-0.3, -0.25) is 14.6 Å². The fraction of sp³-hybridized carbons (Fsp3) is 0.214. The zero-order valence-electron chi connectivity index (χ0n) is 11.4. The van der Waals surface area contributed by atoms with Gasteiger partial charge in [0.25, 0.3) is 11.5 Å². The van der Waals surface area contributed by atoms with Gasteiger partial charge in [0.1, 0.15) is 5.75 Å². The predicted molar refractivity (Wildman–Crippen MR) is 81.0 cm³/mol. The van der Waals surface area contributed by atoms with E-state index in [9.17, 15) is 9.59 Å². The molecule has 1 aliphatic heterocycles. The Hall–Kier alpha value is -2.45. The van der Waals surface area contributed by atoms with Crippen molar-refractivity contribution in [3.63, 3.8) is 0 Å². The van der Waals surface area contributed by atoms with Crippen LogP contribution in [0.1, 0.15) is 21.5 Å². The highest BCUT2D eigenvalue weighted by Gasteiger charge is 2.21. The van der Waals surface area contributed by atoms with Crippen LogP contribution >= 0.6 is 12.2 Å². The van der Waals surface area contributed by atoms with Crippen molar-refractivity contribution in [2.75, 3.05) is 13.2 Å². The number of hydrogen-bond acceptors (Lipinski definition) is 5. The van der Waals surface area contributed by atoms with Crippen LogP contribution in [0.25, 0.3) is 0 Å². The molecule has 1 aromatic heterocycles. The number of fused-ring (bicyclic) bond motifs is 2. The van der Waals surface area contributed by atoms with Crippen molar-refractivity contribution in [3.05, 3.63) is 50.0 Å². The van der Waals surface area contributed by atoms with E-state index in [2.05, 4.69) is 15.3 Å². The minimum absolute atomic E-state index is 0.123. The zero-order chi connectivity index (χ0) is 15.7. The summed E-state index contributed by atoms with van der Waals surface area (Å²) in [5.74, 6) is 0.616. The first-order valence-electron chi connectivity index (χ1n) is 6.64. The number of H-pyrrole nitrogens is 2. The van der Waals surface area contributed by atoms with Crippen LogP contribution in [0.4, 0.5) is 0 Å². The summed E-state index contributed by atoms with van der Waals surface area (Å²) in [5.41, 5.74) is 1.31. The van der Waals surface area contributed by atoms with E-state index >= 15 is 0 Å². The topological polar surface area (TPSA) is 107 Å². The molecular weight excluding hydrogens is 306 g/mol. The molecule has 0 bridgehead atoms. The molecule has 0 atom stereocenters. The van der Waals surface area contributed by atoms with E-state index in [-0.39, 0.29) is 29.4 Å². The van der Waals surface area contributed by atoms with Gasteiger partial charge in [0.05, 0.1) is 12.2 Å². The van der Waals surface area contributed by atoms with Gasteiger partial charge in [-0.15, -0.1) is 0 Å². The molecule has 0 saturated carbocycles. The number of hydrogen-bond donors (Lipinski definition) is 4. The lowest BCUT2D eigenvalue weighted by molar-refractivity contribution is 0.0944. The van der Waals surface area contributed by atoms with Gasteiger partial charge in [0.15, 0.2) is 4.77 Å². The minimum atomic E-state index is -0.306. The van der Waals surface area contributed by atoms with Crippen LogP contribution in [-0.2, 0) is 6.42 Å². The van der Waals surface area contributed by atoms with Gasteiger partial charge in [-0.1, -0.05) is 0 Å². The molecule has 0 radical (unpaired) electrons. The molecule has 1 aromatic carbocycles. The monoisotopic (exact) mass is 319 g/mol. The molecule has 1 aliphatic rings. The third-order valence-electron chi connectivity index (χ3n) is 3.30. The summed E-state index contributed by atoms with van der Waals surface area (Å²) in [5, 5.41) is 11.3. The summed E-state index contributed by atoms with van der Waals surface area (Å²) in [6, 6.07) is 4.97. The van der Waals surface area contributed by atoms with Crippen LogP contribution < -0.4 is 15.6 Å². The SMILES string of the molecule is O=C(NCCO)c1ccc2c(c1)Cc1c([nH]c(=S)[nH]c1=O)O2. The lowest BCUT2D eigenvalue weighted by Crippen LogP contribution is -2.26. The number of aromatic nitrogens is 2. The first kappa shape index (κ1) is 14.5. The summed E-state index contributed by atoms with van der Waals surface area (Å²) >= 11 is 4.91. The molecule has 0 fully saturated rings.